The summed E-state index contributed by atoms with van der Waals surface area (Å²) >= 11 is 5.89. The van der Waals surface area contributed by atoms with E-state index in [4.69, 9.17) is 11.6 Å². The van der Waals surface area contributed by atoms with Crippen LogP contribution in [0.25, 0.3) is 10.8 Å². The first-order valence-electron chi connectivity index (χ1n) is 12.3. The summed E-state index contributed by atoms with van der Waals surface area (Å²) in [6, 6.07) is 23.6. The normalized spacial score (nSPS) is 18.2. The van der Waals surface area contributed by atoms with Crippen LogP contribution in [0.15, 0.2) is 83.7 Å². The molecule has 2 aliphatic rings. The second-order valence-corrected chi connectivity index (χ2v) is 10.2. The van der Waals surface area contributed by atoms with Crippen LogP contribution in [0.5, 0.6) is 0 Å². The zero-order valence-corrected chi connectivity index (χ0v) is 20.7. The molecule has 0 aliphatic carbocycles. The number of nitrogens with zero attached hydrogens (tertiary/aromatic N) is 2. The van der Waals surface area contributed by atoms with E-state index in [2.05, 4.69) is 10.6 Å². The maximum atomic E-state index is 13.4. The predicted molar refractivity (Wildman–Crippen MR) is 145 cm³/mol. The summed E-state index contributed by atoms with van der Waals surface area (Å²) in [5, 5.41) is 8.10. The second-order valence-electron chi connectivity index (χ2n) is 9.74. The van der Waals surface area contributed by atoms with E-state index in [0.29, 0.717) is 35.9 Å². The lowest BCUT2D eigenvalue weighted by Crippen LogP contribution is -2.49. The highest BCUT2D eigenvalue weighted by Gasteiger charge is 2.37. The molecule has 2 aliphatic heterocycles. The Bertz CT molecular complexity index is 1580. The number of nitrogens with one attached hydrogen (secondary N) is 2. The van der Waals surface area contributed by atoms with E-state index in [0.717, 1.165) is 22.9 Å². The van der Waals surface area contributed by atoms with Crippen LogP contribution in [0.4, 0.5) is 16.2 Å². The van der Waals surface area contributed by atoms with Gasteiger partial charge in [-0.3, -0.25) is 9.59 Å². The van der Waals surface area contributed by atoms with Crippen molar-refractivity contribution >= 4 is 45.7 Å². The molecule has 0 spiro atoms. The molecule has 1 aromatic heterocycles. The molecule has 0 radical (unpaired) electrons. The van der Waals surface area contributed by atoms with Gasteiger partial charge in [-0.1, -0.05) is 41.9 Å². The molecule has 2 unspecified atom stereocenters. The van der Waals surface area contributed by atoms with Crippen molar-refractivity contribution in [2.24, 2.45) is 5.92 Å². The fourth-order valence-corrected chi connectivity index (χ4v) is 5.66. The number of benzene rings is 3. The largest absolute Gasteiger partial charge is 0.338 e. The van der Waals surface area contributed by atoms with E-state index in [1.54, 1.807) is 34.9 Å². The third-order valence-corrected chi connectivity index (χ3v) is 7.49. The van der Waals surface area contributed by atoms with Crippen molar-refractivity contribution in [2.75, 3.05) is 23.7 Å². The number of amides is 3. The summed E-state index contributed by atoms with van der Waals surface area (Å²) in [5.41, 5.74) is 2.15. The minimum atomic E-state index is -0.497. The Hall–Kier alpha value is -4.10. The maximum Gasteiger partial charge on any atom is 0.323 e. The molecule has 7 nitrogen and oxygen atoms in total. The molecular formula is C29H25ClN4O3. The first-order valence-corrected chi connectivity index (χ1v) is 12.7. The molecule has 1 fully saturated rings. The van der Waals surface area contributed by atoms with Crippen LogP contribution in [0.2, 0.25) is 5.02 Å². The molecule has 3 amide bonds. The maximum absolute atomic E-state index is 13.4. The topological polar surface area (TPSA) is 83.4 Å². The molecule has 2 atom stereocenters. The third kappa shape index (κ3) is 4.58. The average molecular weight is 513 g/mol. The van der Waals surface area contributed by atoms with Gasteiger partial charge in [0.2, 0.25) is 0 Å². The predicted octanol–water partition coefficient (Wildman–Crippen LogP) is 5.56. The Morgan fingerprint density at radius 2 is 1.62 bits per heavy atom. The highest BCUT2D eigenvalue weighted by Crippen LogP contribution is 2.36. The number of piperidine rings is 1. The number of carbonyl (C=O) groups excluding carboxylic acids is 2. The van der Waals surface area contributed by atoms with E-state index in [1.807, 2.05) is 53.4 Å². The lowest BCUT2D eigenvalue weighted by molar-refractivity contribution is 0.0595. The lowest BCUT2D eigenvalue weighted by Gasteiger charge is -2.43. The van der Waals surface area contributed by atoms with Gasteiger partial charge in [-0.15, -0.1) is 0 Å². The van der Waals surface area contributed by atoms with Crippen LogP contribution in [-0.2, 0) is 6.54 Å². The Morgan fingerprint density at radius 1 is 0.838 bits per heavy atom. The van der Waals surface area contributed by atoms with Gasteiger partial charge >= 0.3 is 6.03 Å². The SMILES string of the molecule is O=C(Nc1ccc(Cl)cc1)Nc1ccc2n(c1=O)CC1CC2CN(C(=O)c2ccc3ccccc3c2)C1. The van der Waals surface area contributed by atoms with Crippen molar-refractivity contribution in [3.05, 3.63) is 105 Å². The molecule has 1 saturated heterocycles. The number of fused-ring (bicyclic) bond motifs is 5. The van der Waals surface area contributed by atoms with E-state index in [-0.39, 0.29) is 29.0 Å². The molecule has 37 heavy (non-hydrogen) atoms. The van der Waals surface area contributed by atoms with Crippen molar-refractivity contribution in [3.63, 3.8) is 0 Å². The monoisotopic (exact) mass is 512 g/mol. The summed E-state index contributed by atoms with van der Waals surface area (Å²) in [7, 11) is 0. The van der Waals surface area contributed by atoms with E-state index >= 15 is 0 Å². The molecule has 4 aromatic rings. The smallest absolute Gasteiger partial charge is 0.323 e. The second kappa shape index (κ2) is 9.41. The fourth-order valence-electron chi connectivity index (χ4n) is 5.53. The number of likely N-dealkylation sites (tertiary alicyclic amines) is 1. The highest BCUT2D eigenvalue weighted by atomic mass is 35.5. The lowest BCUT2D eigenvalue weighted by atomic mass is 9.83. The number of aromatic nitrogens is 1. The molecule has 2 N–H and O–H groups in total. The van der Waals surface area contributed by atoms with Crippen molar-refractivity contribution in [2.45, 2.75) is 18.9 Å². The molecule has 6 rings (SSSR count). The number of hydrogen-bond donors (Lipinski definition) is 2. The summed E-state index contributed by atoms with van der Waals surface area (Å²) in [6.45, 7) is 1.68. The van der Waals surface area contributed by atoms with Gasteiger partial charge in [0.1, 0.15) is 5.69 Å². The van der Waals surface area contributed by atoms with Gasteiger partial charge in [-0.25, -0.2) is 4.79 Å². The molecule has 186 valence electrons. The molecule has 3 aromatic carbocycles. The molecular weight excluding hydrogens is 488 g/mol. The molecule has 2 bridgehead atoms. The summed E-state index contributed by atoms with van der Waals surface area (Å²) in [4.78, 5) is 41.0. The number of hydrogen-bond acceptors (Lipinski definition) is 3. The average Bonchev–Trinajstić information content (AvgIpc) is 2.91. The van der Waals surface area contributed by atoms with Crippen molar-refractivity contribution in [1.29, 1.82) is 0 Å². The zero-order valence-electron chi connectivity index (χ0n) is 20.0. The van der Waals surface area contributed by atoms with Gasteiger partial charge < -0.3 is 20.1 Å². The van der Waals surface area contributed by atoms with Crippen LogP contribution >= 0.6 is 11.6 Å². The van der Waals surface area contributed by atoms with Crippen molar-refractivity contribution in [1.82, 2.24) is 9.47 Å². The quantitative estimate of drug-likeness (QED) is 0.377. The van der Waals surface area contributed by atoms with Gasteiger partial charge in [-0.2, -0.15) is 0 Å². The standard InChI is InChI=1S/C29H25ClN4O3/c30-23-7-9-24(10-8-23)31-29(37)32-25-11-12-26-22-13-18(16-34(26)28(25)36)15-33(17-22)27(35)21-6-5-19-3-1-2-4-20(19)14-21/h1-12,14,18,22H,13,15-17H2,(H2,31,32,37). The summed E-state index contributed by atoms with van der Waals surface area (Å²) in [6.07, 6.45) is 0.935. The number of urea groups is 1. The van der Waals surface area contributed by atoms with Gasteiger partial charge in [0.05, 0.1) is 0 Å². The Balaban J connectivity index is 1.19. The minimum Gasteiger partial charge on any atom is -0.338 e. The first kappa shape index (κ1) is 23.3. The van der Waals surface area contributed by atoms with Crippen LogP contribution in [-0.4, -0.2) is 34.5 Å². The van der Waals surface area contributed by atoms with Crippen molar-refractivity contribution < 1.29 is 9.59 Å². The molecule has 3 heterocycles. The molecule has 8 heteroatoms. The Labute approximate surface area is 218 Å². The summed E-state index contributed by atoms with van der Waals surface area (Å²) < 4.78 is 1.76. The van der Waals surface area contributed by atoms with Gasteiger partial charge in [0.25, 0.3) is 11.5 Å². The van der Waals surface area contributed by atoms with Crippen molar-refractivity contribution in [3.8, 4) is 0 Å². The minimum absolute atomic E-state index is 0.0217. The van der Waals surface area contributed by atoms with E-state index in [1.165, 1.54) is 0 Å². The zero-order chi connectivity index (χ0) is 25.5. The Kier molecular flexibility index (Phi) is 5.93. The number of pyridine rings is 1. The summed E-state index contributed by atoms with van der Waals surface area (Å²) in [5.74, 6) is 0.265. The number of halogens is 1. The number of carbonyl (C=O) groups is 2. The Morgan fingerprint density at radius 3 is 2.43 bits per heavy atom. The van der Waals surface area contributed by atoms with Crippen LogP contribution in [0.3, 0.4) is 0 Å². The van der Waals surface area contributed by atoms with Crippen LogP contribution < -0.4 is 16.2 Å². The van der Waals surface area contributed by atoms with E-state index in [9.17, 15) is 14.4 Å². The van der Waals surface area contributed by atoms with Gasteiger partial charge in [-0.05, 0) is 71.6 Å². The van der Waals surface area contributed by atoms with Crippen LogP contribution in [0, 0.1) is 5.92 Å². The van der Waals surface area contributed by atoms with Gasteiger partial charge in [0.15, 0.2) is 0 Å². The van der Waals surface area contributed by atoms with Crippen LogP contribution in [0.1, 0.15) is 28.4 Å². The van der Waals surface area contributed by atoms with Gasteiger partial charge in [0, 0.05) is 47.5 Å². The van der Waals surface area contributed by atoms with E-state index < -0.39 is 6.03 Å². The first-order chi connectivity index (χ1) is 17.9. The number of rotatable bonds is 3. The third-order valence-electron chi connectivity index (χ3n) is 7.24. The highest BCUT2D eigenvalue weighted by molar-refractivity contribution is 6.30. The molecule has 0 saturated carbocycles. The fraction of sp³-hybridized carbons (Fsp3) is 0.207. The number of anilines is 2.